The number of benzene rings is 2. The van der Waals surface area contributed by atoms with Crippen LogP contribution in [0.5, 0.6) is 23.0 Å². The third-order valence-corrected chi connectivity index (χ3v) is 3.03. The Hall–Kier alpha value is -4.73. The fourth-order valence-corrected chi connectivity index (χ4v) is 2.03. The van der Waals surface area contributed by atoms with Gasteiger partial charge < -0.3 is 18.9 Å². The standard InChI is InChI=1S/C17H6N4O5/c18-7-23-11-1-3-13(15(5-11)25-9-20)17(22)14-4-2-12(24-8-19)6-16(14)26-10-21/h1-6H. The molecule has 0 saturated heterocycles. The molecule has 2 aromatic carbocycles. The van der Waals surface area contributed by atoms with Crippen LogP contribution in [-0.2, 0) is 0 Å². The van der Waals surface area contributed by atoms with Gasteiger partial charge >= 0.3 is 0 Å². The Kier molecular flexibility index (Phi) is 5.57. The number of rotatable bonds is 6. The number of ether oxygens (including phenoxy) is 4. The minimum absolute atomic E-state index is 0.0337. The first-order valence-corrected chi connectivity index (χ1v) is 6.71. The molecule has 0 aliphatic rings. The van der Waals surface area contributed by atoms with E-state index in [2.05, 4.69) is 9.47 Å². The van der Waals surface area contributed by atoms with Crippen LogP contribution in [0.1, 0.15) is 15.9 Å². The largest absolute Gasteiger partial charge is 0.388 e. The van der Waals surface area contributed by atoms with Gasteiger partial charge in [0.05, 0.1) is 11.1 Å². The van der Waals surface area contributed by atoms with E-state index < -0.39 is 5.78 Å². The van der Waals surface area contributed by atoms with E-state index in [0.29, 0.717) is 0 Å². The minimum atomic E-state index is -0.632. The van der Waals surface area contributed by atoms with Crippen LogP contribution in [0.15, 0.2) is 36.4 Å². The molecule has 9 heteroatoms. The lowest BCUT2D eigenvalue weighted by Gasteiger charge is -2.10. The molecule has 9 nitrogen and oxygen atoms in total. The van der Waals surface area contributed by atoms with Gasteiger partial charge in [-0.15, -0.1) is 21.0 Å². The second kappa shape index (κ2) is 8.21. The van der Waals surface area contributed by atoms with E-state index >= 15 is 0 Å². The molecule has 0 aromatic heterocycles. The Labute approximate surface area is 146 Å². The molecule has 0 heterocycles. The average molecular weight is 346 g/mol. The highest BCUT2D eigenvalue weighted by atomic mass is 16.5. The van der Waals surface area contributed by atoms with Crippen molar-refractivity contribution in [1.82, 2.24) is 0 Å². The van der Waals surface area contributed by atoms with Crippen molar-refractivity contribution in [1.29, 1.82) is 21.0 Å². The van der Waals surface area contributed by atoms with E-state index in [1.807, 2.05) is 0 Å². The molecule has 0 radical (unpaired) electrons. The van der Waals surface area contributed by atoms with Gasteiger partial charge in [0.15, 0.2) is 11.5 Å². The summed E-state index contributed by atoms with van der Waals surface area (Å²) in [5.41, 5.74) is -0.0674. The molecule has 0 N–H and O–H groups in total. The van der Waals surface area contributed by atoms with E-state index in [4.69, 9.17) is 30.5 Å². The molecule has 0 aliphatic carbocycles. The summed E-state index contributed by atoms with van der Waals surface area (Å²) in [6.45, 7) is 0. The second-order valence-corrected chi connectivity index (χ2v) is 4.42. The Bertz CT molecular complexity index is 940. The number of nitrogens with zero attached hydrogens (tertiary/aromatic N) is 4. The topological polar surface area (TPSA) is 149 Å². The Balaban J connectivity index is 2.52. The summed E-state index contributed by atoms with van der Waals surface area (Å²) >= 11 is 0. The summed E-state index contributed by atoms with van der Waals surface area (Å²) in [5, 5.41) is 34.6. The molecule has 0 unspecified atom stereocenters. The maximum Gasteiger partial charge on any atom is 0.292 e. The zero-order chi connectivity index (χ0) is 18.9. The average Bonchev–Trinajstić information content (AvgIpc) is 2.63. The number of ketones is 1. The molecule has 0 aliphatic heterocycles. The van der Waals surface area contributed by atoms with Crippen molar-refractivity contribution in [3.05, 3.63) is 47.5 Å². The van der Waals surface area contributed by atoms with Crippen molar-refractivity contribution in [2.75, 3.05) is 0 Å². The quantitative estimate of drug-likeness (QED) is 0.567. The van der Waals surface area contributed by atoms with Gasteiger partial charge in [-0.3, -0.25) is 4.79 Å². The van der Waals surface area contributed by atoms with Crippen LogP contribution in [0.4, 0.5) is 0 Å². The predicted molar refractivity (Wildman–Crippen MR) is 81.3 cm³/mol. The van der Waals surface area contributed by atoms with E-state index in [0.717, 1.165) is 0 Å². The molecular formula is C17H6N4O5. The van der Waals surface area contributed by atoms with Crippen molar-refractivity contribution in [2.24, 2.45) is 0 Å². The van der Waals surface area contributed by atoms with Crippen molar-refractivity contribution in [2.45, 2.75) is 0 Å². The van der Waals surface area contributed by atoms with Crippen LogP contribution >= 0.6 is 0 Å². The molecule has 0 spiro atoms. The number of hydrogen-bond donors (Lipinski definition) is 0. The zero-order valence-electron chi connectivity index (χ0n) is 12.8. The van der Waals surface area contributed by atoms with E-state index in [-0.39, 0.29) is 34.1 Å². The number of carbonyl (C=O) groups is 1. The summed E-state index contributed by atoms with van der Waals surface area (Å²) in [7, 11) is 0. The first-order valence-electron chi connectivity index (χ1n) is 6.71. The molecule has 0 atom stereocenters. The molecule has 26 heavy (non-hydrogen) atoms. The number of nitriles is 4. The van der Waals surface area contributed by atoms with Gasteiger partial charge in [0.25, 0.3) is 25.0 Å². The van der Waals surface area contributed by atoms with Gasteiger partial charge in [0.2, 0.25) is 5.78 Å². The van der Waals surface area contributed by atoms with Crippen molar-refractivity contribution >= 4 is 5.78 Å². The first-order chi connectivity index (χ1) is 12.6. The third-order valence-electron chi connectivity index (χ3n) is 3.03. The third kappa shape index (κ3) is 3.78. The molecule has 0 fully saturated rings. The van der Waals surface area contributed by atoms with Gasteiger partial charge in [-0.1, -0.05) is 0 Å². The van der Waals surface area contributed by atoms with Crippen molar-refractivity contribution in [3.8, 4) is 48.0 Å². The number of carbonyl (C=O) groups excluding carboxylic acids is 1. The van der Waals surface area contributed by atoms with Gasteiger partial charge in [-0.25, -0.2) is 0 Å². The highest BCUT2D eigenvalue weighted by Crippen LogP contribution is 2.32. The van der Waals surface area contributed by atoms with Crippen LogP contribution in [-0.4, -0.2) is 5.78 Å². The van der Waals surface area contributed by atoms with Crippen molar-refractivity contribution < 1.29 is 23.7 Å². The summed E-state index contributed by atoms with van der Waals surface area (Å²) in [6, 6.07) is 7.63. The SMILES string of the molecule is N#COc1ccc(C(=O)c2ccc(OC#N)cc2OC#N)c(OC#N)c1. The Morgan fingerprint density at radius 2 is 1.04 bits per heavy atom. The fraction of sp³-hybridized carbons (Fsp3) is 0. The molecule has 0 amide bonds. The Morgan fingerprint density at radius 1 is 0.654 bits per heavy atom. The summed E-state index contributed by atoms with van der Waals surface area (Å²) in [4.78, 5) is 12.8. The predicted octanol–water partition coefficient (Wildman–Crippen LogP) is 2.36. The zero-order valence-corrected chi connectivity index (χ0v) is 12.8. The van der Waals surface area contributed by atoms with Gasteiger partial charge in [0, 0.05) is 12.1 Å². The summed E-state index contributed by atoms with van der Waals surface area (Å²) in [6.07, 6.45) is 5.79. The maximum atomic E-state index is 12.8. The lowest BCUT2D eigenvalue weighted by atomic mass is 10.0. The molecule has 124 valence electrons. The second-order valence-electron chi connectivity index (χ2n) is 4.42. The van der Waals surface area contributed by atoms with Crippen LogP contribution in [0.3, 0.4) is 0 Å². The maximum absolute atomic E-state index is 12.8. The molecule has 2 rings (SSSR count). The smallest absolute Gasteiger partial charge is 0.292 e. The Morgan fingerprint density at radius 3 is 1.38 bits per heavy atom. The highest BCUT2D eigenvalue weighted by molar-refractivity contribution is 6.12. The van der Waals surface area contributed by atoms with Gasteiger partial charge in [0.1, 0.15) is 11.5 Å². The van der Waals surface area contributed by atoms with Gasteiger partial charge in [-0.05, 0) is 24.3 Å². The summed E-state index contributed by atoms with van der Waals surface area (Å²) in [5.74, 6) is -0.787. The highest BCUT2D eigenvalue weighted by Gasteiger charge is 2.21. The van der Waals surface area contributed by atoms with E-state index in [1.54, 1.807) is 0 Å². The number of hydrogen-bond acceptors (Lipinski definition) is 9. The lowest BCUT2D eigenvalue weighted by molar-refractivity contribution is 0.103. The van der Waals surface area contributed by atoms with E-state index in [9.17, 15) is 4.79 Å². The first kappa shape index (κ1) is 17.6. The molecule has 2 aromatic rings. The fourth-order valence-electron chi connectivity index (χ4n) is 2.03. The lowest BCUT2D eigenvalue weighted by Crippen LogP contribution is -2.06. The normalized spacial score (nSPS) is 8.77. The van der Waals surface area contributed by atoms with Crippen LogP contribution in [0, 0.1) is 46.1 Å². The summed E-state index contributed by atoms with van der Waals surface area (Å²) < 4.78 is 18.8. The molecule has 0 saturated carbocycles. The van der Waals surface area contributed by atoms with Crippen LogP contribution in [0.2, 0.25) is 0 Å². The van der Waals surface area contributed by atoms with Gasteiger partial charge in [-0.2, -0.15) is 0 Å². The van der Waals surface area contributed by atoms with Crippen LogP contribution in [0.25, 0.3) is 0 Å². The monoisotopic (exact) mass is 346 g/mol. The minimum Gasteiger partial charge on any atom is -0.388 e. The van der Waals surface area contributed by atoms with E-state index in [1.165, 1.54) is 61.4 Å². The molecular weight excluding hydrogens is 340 g/mol. The van der Waals surface area contributed by atoms with Crippen molar-refractivity contribution in [3.63, 3.8) is 0 Å². The molecule has 0 bridgehead atoms. The van der Waals surface area contributed by atoms with Crippen LogP contribution < -0.4 is 18.9 Å².